The third kappa shape index (κ3) is 4.40. The number of carbonyl (C=O) groups excluding carboxylic acids is 1. The minimum atomic E-state index is -3.45. The molecule has 1 N–H and O–H groups in total. The molecule has 1 fully saturated rings. The predicted molar refractivity (Wildman–Crippen MR) is 119 cm³/mol. The number of amides is 1. The molecule has 0 atom stereocenters. The summed E-state index contributed by atoms with van der Waals surface area (Å²) in [6, 6.07) is 20.8. The van der Waals surface area contributed by atoms with Crippen molar-refractivity contribution in [2.45, 2.75) is 30.6 Å². The molecule has 1 aliphatic heterocycles. The van der Waals surface area contributed by atoms with E-state index in [2.05, 4.69) is 35.6 Å². The molecule has 4 rings (SSSR count). The summed E-state index contributed by atoms with van der Waals surface area (Å²) in [6.07, 6.45) is 3.52. The highest BCUT2D eigenvalue weighted by molar-refractivity contribution is 7.89. The van der Waals surface area contributed by atoms with Gasteiger partial charge in [-0.25, -0.2) is 8.42 Å². The molecule has 156 valence electrons. The van der Waals surface area contributed by atoms with Crippen LogP contribution >= 0.6 is 0 Å². The lowest BCUT2D eigenvalue weighted by molar-refractivity contribution is 0.0953. The lowest BCUT2D eigenvalue weighted by Crippen LogP contribution is -2.28. The van der Waals surface area contributed by atoms with E-state index >= 15 is 0 Å². The predicted octanol–water partition coefficient (Wildman–Crippen LogP) is 3.99. The largest absolute Gasteiger partial charge is 0.352 e. The van der Waals surface area contributed by atoms with Gasteiger partial charge in [0.15, 0.2) is 0 Å². The van der Waals surface area contributed by atoms with Crippen LogP contribution in [0.15, 0.2) is 71.6 Å². The van der Waals surface area contributed by atoms with Crippen molar-refractivity contribution in [1.82, 2.24) is 9.62 Å². The van der Waals surface area contributed by atoms with Crippen molar-refractivity contribution in [3.63, 3.8) is 0 Å². The van der Waals surface area contributed by atoms with Gasteiger partial charge in [0.25, 0.3) is 5.91 Å². The number of fused-ring (bicyclic) bond motifs is 1. The molecular weight excluding hydrogens is 396 g/mol. The second-order valence-corrected chi connectivity index (χ2v) is 9.57. The van der Waals surface area contributed by atoms with E-state index in [1.165, 1.54) is 32.8 Å². The molecule has 3 aromatic rings. The summed E-state index contributed by atoms with van der Waals surface area (Å²) in [5.74, 6) is -0.182. The van der Waals surface area contributed by atoms with Gasteiger partial charge in [0, 0.05) is 25.2 Å². The molecule has 1 saturated heterocycles. The highest BCUT2D eigenvalue weighted by atomic mass is 32.2. The quantitative estimate of drug-likeness (QED) is 0.586. The molecule has 5 nitrogen and oxygen atoms in total. The van der Waals surface area contributed by atoms with Gasteiger partial charge in [-0.15, -0.1) is 0 Å². The molecule has 1 heterocycles. The Hall–Kier alpha value is -2.70. The zero-order chi connectivity index (χ0) is 21.0. The highest BCUT2D eigenvalue weighted by Crippen LogP contribution is 2.21. The fourth-order valence-corrected chi connectivity index (χ4v) is 5.47. The molecule has 30 heavy (non-hydrogen) atoms. The second kappa shape index (κ2) is 8.98. The van der Waals surface area contributed by atoms with Crippen molar-refractivity contribution >= 4 is 26.7 Å². The highest BCUT2D eigenvalue weighted by Gasteiger charge is 2.27. The Labute approximate surface area is 177 Å². The molecule has 0 bridgehead atoms. The van der Waals surface area contributed by atoms with Gasteiger partial charge in [0.1, 0.15) is 0 Å². The number of hydrogen-bond donors (Lipinski definition) is 1. The van der Waals surface area contributed by atoms with Gasteiger partial charge < -0.3 is 5.32 Å². The standard InChI is InChI=1S/C24H26N2O3S/c27-24(21-12-14-22(15-13-21)30(28,29)26-17-3-4-18-26)25-16-6-10-20-9-5-8-19-7-1-2-11-23(19)20/h1-2,5,7-9,11-15H,3-4,6,10,16-18H2,(H,25,27). The van der Waals surface area contributed by atoms with Crippen LogP contribution in [-0.2, 0) is 16.4 Å². The number of nitrogens with one attached hydrogen (secondary N) is 1. The summed E-state index contributed by atoms with van der Waals surface area (Å²) in [7, 11) is -3.45. The fourth-order valence-electron chi connectivity index (χ4n) is 3.95. The van der Waals surface area contributed by atoms with Gasteiger partial charge in [0.2, 0.25) is 10.0 Å². The van der Waals surface area contributed by atoms with Crippen LogP contribution in [0.25, 0.3) is 10.8 Å². The molecule has 1 aliphatic rings. The van der Waals surface area contributed by atoms with Crippen LogP contribution in [0.5, 0.6) is 0 Å². The zero-order valence-corrected chi connectivity index (χ0v) is 17.7. The molecule has 3 aromatic carbocycles. The van der Waals surface area contributed by atoms with E-state index in [9.17, 15) is 13.2 Å². The number of carbonyl (C=O) groups is 1. The van der Waals surface area contributed by atoms with Crippen LogP contribution < -0.4 is 5.32 Å². The Kier molecular flexibility index (Phi) is 6.16. The van der Waals surface area contributed by atoms with Crippen LogP contribution in [0.3, 0.4) is 0 Å². The number of nitrogens with zero attached hydrogens (tertiary/aromatic N) is 1. The van der Waals surface area contributed by atoms with E-state index in [4.69, 9.17) is 0 Å². The third-order valence-corrected chi connectivity index (χ3v) is 7.52. The van der Waals surface area contributed by atoms with E-state index in [1.807, 2.05) is 12.1 Å². The van der Waals surface area contributed by atoms with Crippen LogP contribution in [-0.4, -0.2) is 38.3 Å². The Balaban J connectivity index is 1.32. The van der Waals surface area contributed by atoms with Crippen LogP contribution in [0.2, 0.25) is 0 Å². The third-order valence-electron chi connectivity index (χ3n) is 5.61. The van der Waals surface area contributed by atoms with Crippen molar-refractivity contribution in [2.24, 2.45) is 0 Å². The fraction of sp³-hybridized carbons (Fsp3) is 0.292. The molecule has 0 radical (unpaired) electrons. The van der Waals surface area contributed by atoms with Crippen molar-refractivity contribution in [1.29, 1.82) is 0 Å². The molecule has 0 unspecified atom stereocenters. The maximum atomic E-state index is 12.6. The van der Waals surface area contributed by atoms with E-state index in [-0.39, 0.29) is 10.8 Å². The van der Waals surface area contributed by atoms with Crippen LogP contribution in [0.1, 0.15) is 35.2 Å². The van der Waals surface area contributed by atoms with Crippen molar-refractivity contribution in [2.75, 3.05) is 19.6 Å². The summed E-state index contributed by atoms with van der Waals surface area (Å²) in [4.78, 5) is 12.7. The lowest BCUT2D eigenvalue weighted by atomic mass is 10.0. The minimum Gasteiger partial charge on any atom is -0.352 e. The first-order chi connectivity index (χ1) is 14.6. The average Bonchev–Trinajstić information content (AvgIpc) is 3.33. The smallest absolute Gasteiger partial charge is 0.251 e. The summed E-state index contributed by atoms with van der Waals surface area (Å²) < 4.78 is 26.7. The average molecular weight is 423 g/mol. The summed E-state index contributed by atoms with van der Waals surface area (Å²) in [5, 5.41) is 5.41. The maximum Gasteiger partial charge on any atom is 0.251 e. The number of sulfonamides is 1. The normalized spacial score (nSPS) is 14.8. The van der Waals surface area contributed by atoms with Gasteiger partial charge in [-0.3, -0.25) is 4.79 Å². The Morgan fingerprint density at radius 2 is 1.60 bits per heavy atom. The van der Waals surface area contributed by atoms with Gasteiger partial charge in [-0.2, -0.15) is 4.31 Å². The Morgan fingerprint density at radius 1 is 0.900 bits per heavy atom. The zero-order valence-electron chi connectivity index (χ0n) is 16.9. The van der Waals surface area contributed by atoms with Gasteiger partial charge >= 0.3 is 0 Å². The van der Waals surface area contributed by atoms with E-state index < -0.39 is 10.0 Å². The molecule has 0 spiro atoms. The molecule has 1 amide bonds. The van der Waals surface area contributed by atoms with Gasteiger partial charge in [-0.1, -0.05) is 42.5 Å². The maximum absolute atomic E-state index is 12.6. The number of hydrogen-bond acceptors (Lipinski definition) is 3. The van der Waals surface area contributed by atoms with Gasteiger partial charge in [0.05, 0.1) is 4.90 Å². The second-order valence-electron chi connectivity index (χ2n) is 7.63. The summed E-state index contributed by atoms with van der Waals surface area (Å²) >= 11 is 0. The molecule has 6 heteroatoms. The first-order valence-electron chi connectivity index (χ1n) is 10.4. The number of rotatable bonds is 7. The van der Waals surface area contributed by atoms with Crippen molar-refractivity contribution in [3.8, 4) is 0 Å². The SMILES string of the molecule is O=C(NCCCc1cccc2ccccc12)c1ccc(S(=O)(=O)N2CCCC2)cc1. The Morgan fingerprint density at radius 3 is 2.37 bits per heavy atom. The summed E-state index contributed by atoms with van der Waals surface area (Å²) in [5.41, 5.74) is 1.75. The Bertz CT molecular complexity index is 1130. The van der Waals surface area contributed by atoms with E-state index in [0.29, 0.717) is 25.2 Å². The summed E-state index contributed by atoms with van der Waals surface area (Å²) in [6.45, 7) is 1.71. The van der Waals surface area contributed by atoms with Crippen LogP contribution in [0.4, 0.5) is 0 Å². The minimum absolute atomic E-state index is 0.182. The first kappa shape index (κ1) is 20.6. The van der Waals surface area contributed by atoms with Crippen molar-refractivity contribution < 1.29 is 13.2 Å². The van der Waals surface area contributed by atoms with Gasteiger partial charge in [-0.05, 0) is 66.3 Å². The molecular formula is C24H26N2O3S. The van der Waals surface area contributed by atoms with E-state index in [0.717, 1.165) is 25.7 Å². The lowest BCUT2D eigenvalue weighted by Gasteiger charge is -2.15. The topological polar surface area (TPSA) is 66.5 Å². The monoisotopic (exact) mass is 422 g/mol. The van der Waals surface area contributed by atoms with Crippen molar-refractivity contribution in [3.05, 3.63) is 77.9 Å². The number of aryl methyl sites for hydroxylation is 1. The molecule has 0 saturated carbocycles. The number of benzene rings is 3. The first-order valence-corrected chi connectivity index (χ1v) is 11.8. The molecule has 0 aliphatic carbocycles. The van der Waals surface area contributed by atoms with Crippen LogP contribution in [0, 0.1) is 0 Å². The van der Waals surface area contributed by atoms with E-state index in [1.54, 1.807) is 12.1 Å². The molecule has 0 aromatic heterocycles.